The Morgan fingerprint density at radius 1 is 0.881 bits per heavy atom. The van der Waals surface area contributed by atoms with Gasteiger partial charge in [-0.2, -0.15) is 5.26 Å². The van der Waals surface area contributed by atoms with E-state index in [1.165, 1.54) is 18.9 Å². The molecular formula is C48H61N11O8. The first-order valence-corrected chi connectivity index (χ1v) is 22.0. The van der Waals surface area contributed by atoms with Crippen LogP contribution in [-0.4, -0.2) is 115 Å². The number of nitriles is 1. The first kappa shape index (κ1) is 50.9. The van der Waals surface area contributed by atoms with Gasteiger partial charge in [-0.1, -0.05) is 12.1 Å². The maximum absolute atomic E-state index is 14.7. The van der Waals surface area contributed by atoms with Crippen LogP contribution in [0.25, 0.3) is 22.5 Å². The van der Waals surface area contributed by atoms with Gasteiger partial charge in [0.2, 0.25) is 23.6 Å². The molecule has 0 saturated heterocycles. The maximum atomic E-state index is 14.7. The molecule has 2 heterocycles. The van der Waals surface area contributed by atoms with Crippen molar-refractivity contribution in [2.75, 3.05) is 46.4 Å². The molecule has 0 radical (unpaired) electrons. The van der Waals surface area contributed by atoms with Crippen LogP contribution < -0.4 is 52.7 Å². The number of hydrogen-bond acceptors (Lipinski definition) is 14. The molecule has 1 unspecified atom stereocenters. The number of amides is 5. The number of hydrogen-bond donors (Lipinski definition) is 7. The normalized spacial score (nSPS) is 16.5. The van der Waals surface area contributed by atoms with Crippen LogP contribution >= 0.6 is 0 Å². The summed E-state index contributed by atoms with van der Waals surface area (Å²) in [5, 5.41) is 19.9. The van der Waals surface area contributed by atoms with Crippen molar-refractivity contribution in [3.8, 4) is 45.8 Å². The van der Waals surface area contributed by atoms with E-state index in [9.17, 15) is 29.2 Å². The topological polar surface area (TPSA) is 292 Å². The largest absolute Gasteiger partial charge is 0.492 e. The standard InChI is InChI=1S/C48H61N11O8/c1-27-40(28(2)55-42(54-27)31-9-12-33(13-10-31)67-48(4,5)6)45(62)57-36(16-17-49)47(64)59(7)41-32-11-15-39(66-23-20-52)35(26-32)34-24-30(8-14-38(34)65-22-19-51)25-37(44(61)53-21-18-50)58-43(60)29(3)56-46(41)63/h8-15,24,26,29,36-37,41H,16-17,19-23,25,49,51-52H2,1-7H3,(H,53,61)(H,56,63)(H,57,62)(H,58,60)/t29-,36?,37-,41-/m0/s1. The van der Waals surface area contributed by atoms with Crippen molar-refractivity contribution in [3.05, 3.63) is 88.7 Å². The molecule has 67 heavy (non-hydrogen) atoms. The van der Waals surface area contributed by atoms with Gasteiger partial charge in [-0.05, 0) is 114 Å². The summed E-state index contributed by atoms with van der Waals surface area (Å²) in [7, 11) is 1.41. The highest BCUT2D eigenvalue weighted by atomic mass is 16.5. The van der Waals surface area contributed by atoms with Crippen molar-refractivity contribution in [1.82, 2.24) is 36.1 Å². The summed E-state index contributed by atoms with van der Waals surface area (Å²) in [6.07, 6.45) is -0.0134. The van der Waals surface area contributed by atoms with Gasteiger partial charge in [0.25, 0.3) is 5.91 Å². The number of nitrogens with zero attached hydrogens (tertiary/aromatic N) is 4. The Balaban J connectivity index is 1.56. The van der Waals surface area contributed by atoms with Gasteiger partial charge in [0.15, 0.2) is 5.82 Å². The van der Waals surface area contributed by atoms with Crippen LogP contribution in [-0.2, 0) is 25.6 Å². The number of carbonyl (C=O) groups excluding carboxylic acids is 5. The highest BCUT2D eigenvalue weighted by Gasteiger charge is 2.36. The molecule has 1 aromatic heterocycles. The van der Waals surface area contributed by atoms with Gasteiger partial charge in [-0.15, -0.1) is 0 Å². The average molecular weight is 920 g/mol. The number of benzene rings is 3. The predicted molar refractivity (Wildman–Crippen MR) is 251 cm³/mol. The van der Waals surface area contributed by atoms with E-state index in [-0.39, 0.29) is 63.4 Å². The molecule has 0 fully saturated rings. The summed E-state index contributed by atoms with van der Waals surface area (Å²) >= 11 is 0. The zero-order valence-corrected chi connectivity index (χ0v) is 39.0. The highest BCUT2D eigenvalue weighted by molar-refractivity contribution is 6.00. The van der Waals surface area contributed by atoms with E-state index in [1.54, 1.807) is 50.2 Å². The van der Waals surface area contributed by atoms with E-state index in [1.807, 2.05) is 51.1 Å². The fourth-order valence-corrected chi connectivity index (χ4v) is 7.56. The van der Waals surface area contributed by atoms with Crippen LogP contribution in [0.15, 0.2) is 60.7 Å². The molecule has 0 aliphatic carbocycles. The Morgan fingerprint density at radius 3 is 2.07 bits per heavy atom. The van der Waals surface area contributed by atoms with Gasteiger partial charge in [0.05, 0.1) is 23.0 Å². The lowest BCUT2D eigenvalue weighted by molar-refractivity contribution is -0.141. The lowest BCUT2D eigenvalue weighted by atomic mass is 9.93. The molecular weight excluding hydrogens is 859 g/mol. The van der Waals surface area contributed by atoms with E-state index in [0.29, 0.717) is 62.3 Å². The van der Waals surface area contributed by atoms with Crippen LogP contribution in [0, 0.1) is 25.2 Å². The summed E-state index contributed by atoms with van der Waals surface area (Å²) in [6, 6.07) is 14.3. The Hall–Kier alpha value is -7.14. The second kappa shape index (κ2) is 22.9. The average Bonchev–Trinajstić information content (AvgIpc) is 3.28. The summed E-state index contributed by atoms with van der Waals surface area (Å²) in [6.45, 7) is 11.0. The highest BCUT2D eigenvalue weighted by Crippen LogP contribution is 2.40. The first-order valence-electron chi connectivity index (χ1n) is 22.0. The lowest BCUT2D eigenvalue weighted by Crippen LogP contribution is -2.56. The molecule has 4 aromatic rings. The molecule has 19 heteroatoms. The number of rotatable bonds is 16. The third-order valence-electron chi connectivity index (χ3n) is 10.6. The molecule has 1 aliphatic rings. The molecule has 10 N–H and O–H groups in total. The van der Waals surface area contributed by atoms with Gasteiger partial charge in [-0.25, -0.2) is 9.97 Å². The SMILES string of the molecule is Cc1nc(-c2ccc(OC(C)(C)C)cc2)nc(C)c1C(=O)NC(CCN)C(=O)N(C)[C@@H]1C(=O)N[C@@H](C)C(=O)N[C@H](C(=O)NCC#N)Cc2ccc(OCCN)c(c2)-c2cc1ccc2OCCN. The van der Waals surface area contributed by atoms with Crippen LogP contribution in [0.5, 0.6) is 17.2 Å². The van der Waals surface area contributed by atoms with E-state index >= 15 is 0 Å². The molecule has 0 spiro atoms. The Morgan fingerprint density at radius 2 is 1.49 bits per heavy atom. The van der Waals surface area contributed by atoms with Crippen molar-refractivity contribution in [3.63, 3.8) is 0 Å². The van der Waals surface area contributed by atoms with Gasteiger partial charge < -0.3 is 57.6 Å². The van der Waals surface area contributed by atoms with Gasteiger partial charge in [0.1, 0.15) is 66.8 Å². The molecule has 356 valence electrons. The van der Waals surface area contributed by atoms with E-state index < -0.39 is 53.7 Å². The maximum Gasteiger partial charge on any atom is 0.255 e. The molecule has 1 aliphatic heterocycles. The van der Waals surface area contributed by atoms with E-state index in [2.05, 4.69) is 31.2 Å². The van der Waals surface area contributed by atoms with Gasteiger partial charge >= 0.3 is 0 Å². The third kappa shape index (κ3) is 13.0. The van der Waals surface area contributed by atoms with Crippen LogP contribution in [0.4, 0.5) is 0 Å². The number of ether oxygens (including phenoxy) is 3. The second-order valence-electron chi connectivity index (χ2n) is 17.0. The summed E-state index contributed by atoms with van der Waals surface area (Å²) < 4.78 is 18.1. The lowest BCUT2D eigenvalue weighted by Gasteiger charge is -2.32. The monoisotopic (exact) mass is 919 g/mol. The minimum absolute atomic E-state index is 0.00255. The zero-order valence-electron chi connectivity index (χ0n) is 39.0. The second-order valence-corrected chi connectivity index (χ2v) is 17.0. The van der Waals surface area contributed by atoms with Crippen molar-refractivity contribution in [2.45, 2.75) is 84.2 Å². The number of carbonyl (C=O) groups is 5. The number of aromatic nitrogens is 2. The number of nitrogens with one attached hydrogen (secondary N) is 4. The Bertz CT molecular complexity index is 2460. The smallest absolute Gasteiger partial charge is 0.255 e. The molecule has 19 nitrogen and oxygen atoms in total. The quantitative estimate of drug-likeness (QED) is 0.0793. The minimum Gasteiger partial charge on any atom is -0.492 e. The molecule has 3 aromatic carbocycles. The summed E-state index contributed by atoms with van der Waals surface area (Å²) in [4.78, 5) is 81.0. The number of aryl methyl sites for hydroxylation is 2. The molecule has 4 bridgehead atoms. The number of fused-ring (bicyclic) bond motifs is 5. The van der Waals surface area contributed by atoms with Crippen molar-refractivity contribution in [2.24, 2.45) is 17.2 Å². The molecule has 5 rings (SSSR count). The van der Waals surface area contributed by atoms with Crippen LogP contribution in [0.3, 0.4) is 0 Å². The zero-order chi connectivity index (χ0) is 49.0. The van der Waals surface area contributed by atoms with Crippen LogP contribution in [0.1, 0.15) is 73.0 Å². The number of nitrogens with two attached hydrogens (primary N) is 3. The third-order valence-corrected chi connectivity index (χ3v) is 10.6. The molecule has 5 amide bonds. The summed E-state index contributed by atoms with van der Waals surface area (Å²) in [5.41, 5.74) is 20.8. The fourth-order valence-electron chi connectivity index (χ4n) is 7.56. The minimum atomic E-state index is -1.41. The van der Waals surface area contributed by atoms with Crippen LogP contribution in [0.2, 0.25) is 0 Å². The Kier molecular flexibility index (Phi) is 17.3. The van der Waals surface area contributed by atoms with Crippen molar-refractivity contribution >= 4 is 29.5 Å². The Labute approximate surface area is 390 Å². The van der Waals surface area contributed by atoms with E-state index in [4.69, 9.17) is 31.4 Å². The predicted octanol–water partition coefficient (Wildman–Crippen LogP) is 2.11. The fraction of sp³-hybridized carbons (Fsp3) is 0.417. The summed E-state index contributed by atoms with van der Waals surface area (Å²) in [5.74, 6) is -1.55. The molecule has 4 atom stereocenters. The molecule has 0 saturated carbocycles. The first-order chi connectivity index (χ1) is 31.9. The van der Waals surface area contributed by atoms with E-state index in [0.717, 1.165) is 0 Å². The number of likely N-dealkylation sites (N-methyl/N-ethyl adjacent to an activating group) is 1. The van der Waals surface area contributed by atoms with Gasteiger partial charge in [-0.3, -0.25) is 24.0 Å². The van der Waals surface area contributed by atoms with Gasteiger partial charge in [0, 0.05) is 43.2 Å². The van der Waals surface area contributed by atoms with Crippen molar-refractivity contribution < 1.29 is 38.2 Å². The van der Waals surface area contributed by atoms with Crippen molar-refractivity contribution in [1.29, 1.82) is 5.26 Å².